The van der Waals surface area contributed by atoms with E-state index in [1.165, 1.54) is 0 Å². The quantitative estimate of drug-likeness (QED) is 0.569. The fourth-order valence-electron chi connectivity index (χ4n) is 2.90. The molecule has 2 nitrogen and oxygen atoms in total. The Hall–Kier alpha value is -0.0800. The van der Waals surface area contributed by atoms with E-state index in [0.29, 0.717) is 5.41 Å². The van der Waals surface area contributed by atoms with Crippen molar-refractivity contribution < 1.29 is 0 Å². The number of fused-ring (bicyclic) bond motifs is 1. The summed E-state index contributed by atoms with van der Waals surface area (Å²) in [5, 5.41) is 0. The predicted octanol–water partition coefficient (Wildman–Crippen LogP) is 1.10. The Morgan fingerprint density at radius 3 is 2.25 bits per heavy atom. The number of hydrogen-bond donors (Lipinski definition) is 2. The third-order valence-electron chi connectivity index (χ3n) is 4.30. The van der Waals surface area contributed by atoms with Gasteiger partial charge in [-0.05, 0) is 37.0 Å². The van der Waals surface area contributed by atoms with Gasteiger partial charge < -0.3 is 11.5 Å². The summed E-state index contributed by atoms with van der Waals surface area (Å²) in [5.74, 6) is 1.69. The molecule has 0 saturated heterocycles. The molecule has 4 N–H and O–H groups in total. The number of rotatable bonds is 0. The molecule has 2 aliphatic rings. The minimum absolute atomic E-state index is 0.116. The highest BCUT2D eigenvalue weighted by Gasteiger charge is 2.62. The van der Waals surface area contributed by atoms with Crippen LogP contribution < -0.4 is 11.5 Å². The molecule has 0 amide bonds. The van der Waals surface area contributed by atoms with Gasteiger partial charge in [0.05, 0.1) is 0 Å². The molecule has 0 aromatic carbocycles. The summed E-state index contributed by atoms with van der Waals surface area (Å²) in [6, 6.07) is 0.209. The van der Waals surface area contributed by atoms with Crippen LogP contribution in [-0.2, 0) is 0 Å². The molecule has 0 heterocycles. The van der Waals surface area contributed by atoms with Crippen LogP contribution in [-0.4, -0.2) is 11.6 Å². The van der Waals surface area contributed by atoms with Crippen LogP contribution in [0.5, 0.6) is 0 Å². The average molecular weight is 168 g/mol. The largest absolute Gasteiger partial charge is 0.326 e. The van der Waals surface area contributed by atoms with E-state index in [9.17, 15) is 0 Å². The zero-order valence-corrected chi connectivity index (χ0v) is 8.30. The zero-order chi connectivity index (χ0) is 9.15. The first-order valence-electron chi connectivity index (χ1n) is 4.90. The molecule has 12 heavy (non-hydrogen) atoms. The molecule has 2 fully saturated rings. The summed E-state index contributed by atoms with van der Waals surface area (Å²) >= 11 is 0. The standard InChI is InChI=1S/C10H20N2/c1-9(2)6-4-8(11)10(3,12)5-7(6)9/h6-8H,4-5,11-12H2,1-3H3/t6-,7+,8-,10-/m1/s1. The van der Waals surface area contributed by atoms with E-state index in [2.05, 4.69) is 20.8 Å². The second kappa shape index (κ2) is 2.05. The van der Waals surface area contributed by atoms with Crippen molar-refractivity contribution in [1.29, 1.82) is 0 Å². The molecule has 0 bridgehead atoms. The number of hydrogen-bond acceptors (Lipinski definition) is 2. The second-order valence-electron chi connectivity index (χ2n) is 5.59. The second-order valence-corrected chi connectivity index (χ2v) is 5.59. The highest BCUT2D eigenvalue weighted by atomic mass is 14.9. The van der Waals surface area contributed by atoms with Gasteiger partial charge in [0.15, 0.2) is 0 Å². The summed E-state index contributed by atoms with van der Waals surface area (Å²) in [4.78, 5) is 0. The molecule has 2 rings (SSSR count). The van der Waals surface area contributed by atoms with Crippen molar-refractivity contribution in [2.75, 3.05) is 0 Å². The minimum atomic E-state index is -0.116. The van der Waals surface area contributed by atoms with Crippen molar-refractivity contribution in [3.63, 3.8) is 0 Å². The highest BCUT2D eigenvalue weighted by molar-refractivity contribution is 5.15. The van der Waals surface area contributed by atoms with E-state index in [0.717, 1.165) is 24.7 Å². The monoisotopic (exact) mass is 168 g/mol. The van der Waals surface area contributed by atoms with E-state index >= 15 is 0 Å². The van der Waals surface area contributed by atoms with Crippen LogP contribution in [0.2, 0.25) is 0 Å². The van der Waals surface area contributed by atoms with Crippen LogP contribution >= 0.6 is 0 Å². The summed E-state index contributed by atoms with van der Waals surface area (Å²) in [7, 11) is 0. The van der Waals surface area contributed by atoms with Gasteiger partial charge in [-0.3, -0.25) is 0 Å². The van der Waals surface area contributed by atoms with Crippen molar-refractivity contribution in [2.24, 2.45) is 28.7 Å². The summed E-state index contributed by atoms with van der Waals surface area (Å²) in [6.45, 7) is 6.79. The molecular formula is C10H20N2. The Morgan fingerprint density at radius 1 is 1.17 bits per heavy atom. The van der Waals surface area contributed by atoms with Crippen molar-refractivity contribution >= 4 is 0 Å². The lowest BCUT2D eigenvalue weighted by atomic mass is 9.80. The van der Waals surface area contributed by atoms with E-state index in [4.69, 9.17) is 11.5 Å². The van der Waals surface area contributed by atoms with E-state index in [-0.39, 0.29) is 11.6 Å². The van der Waals surface area contributed by atoms with Gasteiger partial charge in [0, 0.05) is 11.6 Å². The molecule has 0 aromatic rings. The van der Waals surface area contributed by atoms with Crippen molar-refractivity contribution in [3.05, 3.63) is 0 Å². The molecular weight excluding hydrogens is 148 g/mol. The smallest absolute Gasteiger partial charge is 0.0282 e. The van der Waals surface area contributed by atoms with Gasteiger partial charge in [-0.1, -0.05) is 13.8 Å². The van der Waals surface area contributed by atoms with Crippen LogP contribution in [0.25, 0.3) is 0 Å². The van der Waals surface area contributed by atoms with Crippen molar-refractivity contribution in [2.45, 2.75) is 45.2 Å². The molecule has 2 aliphatic carbocycles. The van der Waals surface area contributed by atoms with Crippen molar-refractivity contribution in [1.82, 2.24) is 0 Å². The van der Waals surface area contributed by atoms with Gasteiger partial charge >= 0.3 is 0 Å². The fourth-order valence-corrected chi connectivity index (χ4v) is 2.90. The molecule has 0 aliphatic heterocycles. The molecule has 0 aromatic heterocycles. The fraction of sp³-hybridized carbons (Fsp3) is 1.00. The van der Waals surface area contributed by atoms with Crippen LogP contribution in [0.3, 0.4) is 0 Å². The minimum Gasteiger partial charge on any atom is -0.326 e. The maximum atomic E-state index is 6.13. The number of nitrogens with two attached hydrogens (primary N) is 2. The van der Waals surface area contributed by atoms with E-state index in [1.54, 1.807) is 0 Å². The van der Waals surface area contributed by atoms with Gasteiger partial charge in [-0.2, -0.15) is 0 Å². The summed E-state index contributed by atoms with van der Waals surface area (Å²) in [6.07, 6.45) is 2.25. The molecule has 70 valence electrons. The van der Waals surface area contributed by atoms with Crippen molar-refractivity contribution in [3.8, 4) is 0 Å². The summed E-state index contributed by atoms with van der Waals surface area (Å²) in [5.41, 5.74) is 12.6. The topological polar surface area (TPSA) is 52.0 Å². The van der Waals surface area contributed by atoms with Crippen LogP contribution in [0.4, 0.5) is 0 Å². The van der Waals surface area contributed by atoms with Gasteiger partial charge in [-0.25, -0.2) is 0 Å². The van der Waals surface area contributed by atoms with Gasteiger partial charge in [0.25, 0.3) is 0 Å². The average Bonchev–Trinajstić information content (AvgIpc) is 2.37. The molecule has 2 saturated carbocycles. The first-order valence-corrected chi connectivity index (χ1v) is 4.90. The molecule has 4 atom stereocenters. The predicted molar refractivity (Wildman–Crippen MR) is 50.6 cm³/mol. The highest BCUT2D eigenvalue weighted by Crippen LogP contribution is 2.65. The maximum Gasteiger partial charge on any atom is 0.0282 e. The van der Waals surface area contributed by atoms with Gasteiger partial charge in [0.1, 0.15) is 0 Å². The lowest BCUT2D eigenvalue weighted by molar-refractivity contribution is 0.264. The first-order chi connectivity index (χ1) is 5.36. The van der Waals surface area contributed by atoms with E-state index < -0.39 is 0 Å². The zero-order valence-electron chi connectivity index (χ0n) is 8.30. The Morgan fingerprint density at radius 2 is 1.75 bits per heavy atom. The van der Waals surface area contributed by atoms with Crippen LogP contribution in [0.1, 0.15) is 33.6 Å². The Balaban J connectivity index is 2.14. The van der Waals surface area contributed by atoms with E-state index in [1.807, 2.05) is 0 Å². The molecule has 0 unspecified atom stereocenters. The summed E-state index contributed by atoms with van der Waals surface area (Å²) < 4.78 is 0. The SMILES string of the molecule is CC1(C)[C@@H]2C[C@@H](N)[C@](C)(N)C[C@@H]21. The normalized spacial score (nSPS) is 56.2. The van der Waals surface area contributed by atoms with Crippen LogP contribution in [0, 0.1) is 17.3 Å². The Labute approximate surface area is 74.7 Å². The Bertz CT molecular complexity index is 208. The lowest BCUT2D eigenvalue weighted by Crippen LogP contribution is -2.55. The maximum absolute atomic E-state index is 6.13. The third-order valence-corrected chi connectivity index (χ3v) is 4.30. The molecule has 0 spiro atoms. The lowest BCUT2D eigenvalue weighted by Gasteiger charge is -2.35. The Kier molecular flexibility index (Phi) is 1.45. The molecule has 0 radical (unpaired) electrons. The van der Waals surface area contributed by atoms with Gasteiger partial charge in [0.2, 0.25) is 0 Å². The molecule has 2 heteroatoms. The first kappa shape index (κ1) is 8.52. The third kappa shape index (κ3) is 0.944. The van der Waals surface area contributed by atoms with Gasteiger partial charge in [-0.15, -0.1) is 0 Å². The van der Waals surface area contributed by atoms with Crippen LogP contribution in [0.15, 0.2) is 0 Å².